The summed E-state index contributed by atoms with van der Waals surface area (Å²) in [6.07, 6.45) is -2.81. The molecule has 0 radical (unpaired) electrons. The summed E-state index contributed by atoms with van der Waals surface area (Å²) in [5.41, 5.74) is 2.15. The van der Waals surface area contributed by atoms with Gasteiger partial charge in [-0.2, -0.15) is 0 Å². The normalized spacial score (nSPS) is 16.9. The van der Waals surface area contributed by atoms with Gasteiger partial charge in [-0.1, -0.05) is 18.2 Å². The Morgan fingerprint density at radius 2 is 1.62 bits per heavy atom. The molecule has 3 rings (SSSR count). The highest BCUT2D eigenvalue weighted by atomic mass is 16.3. The highest BCUT2D eigenvalue weighted by molar-refractivity contribution is 5.95. The van der Waals surface area contributed by atoms with E-state index in [0.29, 0.717) is 68.2 Å². The van der Waals surface area contributed by atoms with Crippen molar-refractivity contribution in [3.63, 3.8) is 0 Å². The highest BCUT2D eigenvalue weighted by Gasteiger charge is 2.25. The van der Waals surface area contributed by atoms with E-state index in [9.17, 15) is 30.1 Å². The fourth-order valence-corrected chi connectivity index (χ4v) is 4.53. The third-order valence-corrected chi connectivity index (χ3v) is 6.75. The van der Waals surface area contributed by atoms with Crippen LogP contribution >= 0.6 is 0 Å². The number of phenolic OH excluding ortho intramolecular Hbond substituents is 2. The van der Waals surface area contributed by atoms with Crippen LogP contribution < -0.4 is 10.6 Å². The number of para-hydroxylation sites is 1. The van der Waals surface area contributed by atoms with Crippen molar-refractivity contribution in [1.82, 2.24) is 15.1 Å². The van der Waals surface area contributed by atoms with Crippen LogP contribution in [-0.4, -0.2) is 122 Å². The van der Waals surface area contributed by atoms with Crippen LogP contribution in [0.1, 0.15) is 16.7 Å². The first kappa shape index (κ1) is 31.4. The van der Waals surface area contributed by atoms with E-state index in [2.05, 4.69) is 20.4 Å². The Hall–Kier alpha value is -3.17. The van der Waals surface area contributed by atoms with Gasteiger partial charge < -0.3 is 41.3 Å². The molecule has 1 amide bonds. The number of benzene rings is 2. The van der Waals surface area contributed by atoms with Crippen molar-refractivity contribution in [2.24, 2.45) is 0 Å². The smallest absolute Gasteiger partial charge is 0.297 e. The zero-order valence-corrected chi connectivity index (χ0v) is 22.7. The molecule has 1 aliphatic heterocycles. The molecule has 40 heavy (non-hydrogen) atoms. The van der Waals surface area contributed by atoms with E-state index >= 15 is 0 Å². The summed E-state index contributed by atoms with van der Waals surface area (Å²) < 4.78 is 0.469. The number of nitrogens with zero attached hydrogens (tertiary/aromatic N) is 3. The zero-order chi connectivity index (χ0) is 29.2. The summed E-state index contributed by atoms with van der Waals surface area (Å²) in [6, 6.07) is 8.29. The standard InChI is InChI=1S/C27H39N5O8/c1-18-11-20(25(37)22(12-18)29-27(39)24(36)17-34)14-31-8-6-28-5-7-30(9-10-31)13-19-3-2-4-23(26(19)38)32(40)15-21(35)16-33/h2-4,11-12,21,24,28,33-36H,5-10,13-17H2,1H3,(H2-,29,37,38,39,40)/p+1. The number of aryl methyl sites for hydroxylation is 1. The van der Waals surface area contributed by atoms with Crippen LogP contribution in [-0.2, 0) is 17.9 Å². The molecule has 1 aliphatic rings. The van der Waals surface area contributed by atoms with E-state index in [1.165, 1.54) is 6.07 Å². The Bertz CT molecular complexity index is 1160. The van der Waals surface area contributed by atoms with Gasteiger partial charge in [-0.25, -0.2) is 0 Å². The molecule has 1 saturated heterocycles. The Balaban J connectivity index is 1.71. The summed E-state index contributed by atoms with van der Waals surface area (Å²) >= 11 is 0. The fraction of sp³-hybridized carbons (Fsp3) is 0.519. The quantitative estimate of drug-likeness (QED) is 0.129. The van der Waals surface area contributed by atoms with Gasteiger partial charge in [0.15, 0.2) is 11.9 Å². The summed E-state index contributed by atoms with van der Waals surface area (Å²) in [5.74, 6) is -1.09. The molecular weight excluding hydrogens is 522 g/mol. The lowest BCUT2D eigenvalue weighted by Gasteiger charge is -2.26. The Labute approximate surface area is 232 Å². The number of aromatic hydroxyl groups is 2. The Morgan fingerprint density at radius 1 is 0.975 bits per heavy atom. The predicted molar refractivity (Wildman–Crippen MR) is 147 cm³/mol. The molecule has 2 unspecified atom stereocenters. The Morgan fingerprint density at radius 3 is 2.25 bits per heavy atom. The van der Waals surface area contributed by atoms with Crippen molar-refractivity contribution in [2.45, 2.75) is 32.2 Å². The third kappa shape index (κ3) is 8.66. The molecule has 0 spiro atoms. The van der Waals surface area contributed by atoms with Crippen molar-refractivity contribution in [3.8, 4) is 11.5 Å². The molecule has 13 nitrogen and oxygen atoms in total. The van der Waals surface area contributed by atoms with Gasteiger partial charge in [0.05, 0.1) is 18.9 Å². The largest absolute Gasteiger partial charge is 0.505 e. The van der Waals surface area contributed by atoms with Gasteiger partial charge in [0.25, 0.3) is 11.6 Å². The number of nitroso groups, excluding NO2 is 1. The maximum Gasteiger partial charge on any atom is 0.297 e. The number of rotatable bonds is 11. The van der Waals surface area contributed by atoms with Crippen molar-refractivity contribution < 1.29 is 40.2 Å². The van der Waals surface area contributed by atoms with Gasteiger partial charge in [0.1, 0.15) is 11.9 Å². The molecule has 0 saturated carbocycles. The number of hydrogen-bond acceptors (Lipinski definition) is 11. The van der Waals surface area contributed by atoms with Crippen LogP contribution in [0.5, 0.6) is 11.5 Å². The van der Waals surface area contributed by atoms with E-state index in [1.54, 1.807) is 18.2 Å². The van der Waals surface area contributed by atoms with E-state index in [4.69, 9.17) is 10.2 Å². The lowest BCUT2D eigenvalue weighted by molar-refractivity contribution is -0.475. The minimum Gasteiger partial charge on any atom is -0.505 e. The minimum absolute atomic E-state index is 0.0262. The first-order chi connectivity index (χ1) is 19.1. The van der Waals surface area contributed by atoms with Crippen molar-refractivity contribution in [2.75, 3.05) is 64.3 Å². The molecule has 13 heteroatoms. The first-order valence-corrected chi connectivity index (χ1v) is 13.2. The third-order valence-electron chi connectivity index (χ3n) is 6.75. The number of carbonyl (C=O) groups is 1. The lowest BCUT2D eigenvalue weighted by atomic mass is 10.1. The molecular formula is C27H40N5O8+. The number of aliphatic hydroxyl groups excluding tert-OH is 4. The van der Waals surface area contributed by atoms with Crippen molar-refractivity contribution in [1.29, 1.82) is 0 Å². The van der Waals surface area contributed by atoms with Crippen LogP contribution in [0, 0.1) is 11.8 Å². The second-order valence-corrected chi connectivity index (χ2v) is 9.99. The number of aliphatic hydroxyl groups is 4. The predicted octanol–water partition coefficient (Wildman–Crippen LogP) is -0.631. The summed E-state index contributed by atoms with van der Waals surface area (Å²) in [5, 5.41) is 64.7. The van der Waals surface area contributed by atoms with Crippen LogP contribution in [0.25, 0.3) is 0 Å². The number of hydrogen-bond donors (Lipinski definition) is 8. The fourth-order valence-electron chi connectivity index (χ4n) is 4.53. The number of amides is 1. The average molecular weight is 563 g/mol. The molecule has 2 atom stereocenters. The maximum atomic E-state index is 12.4. The number of nitrogens with one attached hydrogen (secondary N) is 2. The SMILES string of the molecule is Cc1cc(CN2CCNCCN(Cc3cccc([N+](=O)CC(O)CO)c3O)CC2)c(O)c(NC(=O)C(O)CO)c1. The topological polar surface area (TPSA) is 189 Å². The molecule has 0 aliphatic carbocycles. The first-order valence-electron chi connectivity index (χ1n) is 13.2. The van der Waals surface area contributed by atoms with Crippen molar-refractivity contribution in [3.05, 3.63) is 51.9 Å². The number of carbonyl (C=O) groups excluding carboxylic acids is 1. The van der Waals surface area contributed by atoms with Gasteiger partial charge in [-0.3, -0.25) is 14.6 Å². The molecule has 0 aromatic heterocycles. The van der Waals surface area contributed by atoms with Crippen LogP contribution in [0.3, 0.4) is 0 Å². The minimum atomic E-state index is -1.59. The van der Waals surface area contributed by atoms with Crippen LogP contribution in [0.2, 0.25) is 0 Å². The van der Waals surface area contributed by atoms with Gasteiger partial charge >= 0.3 is 0 Å². The summed E-state index contributed by atoms with van der Waals surface area (Å²) in [4.78, 5) is 28.7. The van der Waals surface area contributed by atoms with E-state index in [0.717, 1.165) is 5.56 Å². The van der Waals surface area contributed by atoms with Crippen molar-refractivity contribution >= 4 is 17.3 Å². The van der Waals surface area contributed by atoms with Crippen LogP contribution in [0.4, 0.5) is 11.4 Å². The van der Waals surface area contributed by atoms with E-state index < -0.39 is 31.3 Å². The number of anilines is 1. The molecule has 220 valence electrons. The maximum absolute atomic E-state index is 12.4. The summed E-state index contributed by atoms with van der Waals surface area (Å²) in [6.45, 7) is 5.05. The molecule has 8 N–H and O–H groups in total. The Kier molecular flexibility index (Phi) is 11.8. The zero-order valence-electron chi connectivity index (χ0n) is 22.7. The van der Waals surface area contributed by atoms with Gasteiger partial charge in [-0.15, -0.1) is 0 Å². The monoisotopic (exact) mass is 562 g/mol. The second-order valence-electron chi connectivity index (χ2n) is 9.99. The lowest BCUT2D eigenvalue weighted by Crippen LogP contribution is -2.35. The van der Waals surface area contributed by atoms with E-state index in [1.807, 2.05) is 13.0 Å². The van der Waals surface area contributed by atoms with Gasteiger partial charge in [0.2, 0.25) is 6.54 Å². The molecule has 1 fully saturated rings. The van der Waals surface area contributed by atoms with Crippen LogP contribution in [0.15, 0.2) is 30.3 Å². The molecule has 0 bridgehead atoms. The second kappa shape index (κ2) is 15.0. The van der Waals surface area contributed by atoms with E-state index in [-0.39, 0.29) is 29.4 Å². The summed E-state index contributed by atoms with van der Waals surface area (Å²) in [7, 11) is 0. The molecule has 2 aromatic rings. The molecule has 1 heterocycles. The number of phenols is 2. The highest BCUT2D eigenvalue weighted by Crippen LogP contribution is 2.32. The molecule has 2 aromatic carbocycles. The van der Waals surface area contributed by atoms with Gasteiger partial charge in [-0.05, 0) is 18.6 Å². The average Bonchev–Trinajstić information content (AvgIpc) is 3.04. The van der Waals surface area contributed by atoms with Gasteiger partial charge in [0, 0.05) is 79.2 Å².